The Bertz CT molecular complexity index is 513. The van der Waals surface area contributed by atoms with Crippen LogP contribution in [0.25, 0.3) is 0 Å². The van der Waals surface area contributed by atoms with Crippen molar-refractivity contribution in [2.75, 3.05) is 7.05 Å². The molecule has 1 N–H and O–H groups in total. The summed E-state index contributed by atoms with van der Waals surface area (Å²) in [7, 11) is 0.442. The second kappa shape index (κ2) is 6.36. The highest BCUT2D eigenvalue weighted by Gasteiger charge is 2.37. The van der Waals surface area contributed by atoms with Gasteiger partial charge in [0, 0.05) is 6.04 Å². The molecule has 124 valence electrons. The third-order valence-corrected chi connectivity index (χ3v) is 9.36. The number of aromatic hydroxyl groups is 1. The Morgan fingerprint density at radius 2 is 1.68 bits per heavy atom. The van der Waals surface area contributed by atoms with Crippen molar-refractivity contribution in [2.24, 2.45) is 0 Å². The van der Waals surface area contributed by atoms with Crippen LogP contribution in [0.2, 0.25) is 13.1 Å². The molecule has 0 saturated heterocycles. The largest absolute Gasteiger partial charge is 0.508 e. The molecule has 0 bridgehead atoms. The van der Waals surface area contributed by atoms with Crippen LogP contribution in [0.4, 0.5) is 0 Å². The van der Waals surface area contributed by atoms with Crippen molar-refractivity contribution >= 4 is 13.4 Å². The summed E-state index contributed by atoms with van der Waals surface area (Å²) in [5, 5.41) is 12.1. The Morgan fingerprint density at radius 1 is 1.09 bits per heavy atom. The summed E-state index contributed by atoms with van der Waals surface area (Å²) in [6.45, 7) is 11.3. The van der Waals surface area contributed by atoms with Gasteiger partial charge in [0.15, 0.2) is 8.24 Å². The van der Waals surface area contributed by atoms with Gasteiger partial charge >= 0.3 is 0 Å². The highest BCUT2D eigenvalue weighted by Crippen LogP contribution is 2.32. The number of phenols is 1. The molecule has 1 aliphatic carbocycles. The van der Waals surface area contributed by atoms with E-state index in [9.17, 15) is 5.11 Å². The summed E-state index contributed by atoms with van der Waals surface area (Å²) in [4.78, 5) is 0. The van der Waals surface area contributed by atoms with Gasteiger partial charge in [0.2, 0.25) is 0 Å². The lowest BCUT2D eigenvalue weighted by molar-refractivity contribution is 0.282. The zero-order chi connectivity index (χ0) is 16.5. The number of para-hydroxylation sites is 1. The summed E-state index contributed by atoms with van der Waals surface area (Å²) in [5.41, 5.74) is 1.05. The van der Waals surface area contributed by atoms with Crippen molar-refractivity contribution in [3.05, 3.63) is 23.8 Å². The molecule has 1 aliphatic rings. The summed E-state index contributed by atoms with van der Waals surface area (Å²) >= 11 is 0. The SMILES string of the molecule is CN(C1CCCCC1)[Si](C)(C)c1cccc(C(C)(C)C)c1O. The van der Waals surface area contributed by atoms with Gasteiger partial charge in [0.05, 0.1) is 0 Å². The summed E-state index contributed by atoms with van der Waals surface area (Å²) in [6.07, 6.45) is 6.72. The molecule has 0 amide bonds. The van der Waals surface area contributed by atoms with Crippen LogP contribution in [-0.4, -0.2) is 31.0 Å². The van der Waals surface area contributed by atoms with E-state index in [1.165, 1.54) is 37.3 Å². The van der Waals surface area contributed by atoms with Crippen LogP contribution in [-0.2, 0) is 5.41 Å². The van der Waals surface area contributed by atoms with Gasteiger partial charge in [0.25, 0.3) is 0 Å². The summed E-state index contributed by atoms with van der Waals surface area (Å²) < 4.78 is 2.62. The molecule has 3 heteroatoms. The Balaban J connectivity index is 2.36. The molecule has 0 aliphatic heterocycles. The van der Waals surface area contributed by atoms with Crippen LogP contribution in [0.15, 0.2) is 18.2 Å². The zero-order valence-corrected chi connectivity index (χ0v) is 16.2. The molecule has 0 heterocycles. The maximum Gasteiger partial charge on any atom is 0.158 e. The quantitative estimate of drug-likeness (QED) is 0.836. The second-order valence-electron chi connectivity index (χ2n) is 8.41. The van der Waals surface area contributed by atoms with Crippen molar-refractivity contribution in [3.8, 4) is 5.75 Å². The van der Waals surface area contributed by atoms with Crippen LogP contribution in [0.3, 0.4) is 0 Å². The van der Waals surface area contributed by atoms with Crippen LogP contribution in [0, 0.1) is 0 Å². The average molecular weight is 320 g/mol. The highest BCUT2D eigenvalue weighted by molar-refractivity contribution is 6.88. The van der Waals surface area contributed by atoms with E-state index in [2.05, 4.69) is 63.7 Å². The minimum Gasteiger partial charge on any atom is -0.508 e. The number of hydrogen-bond acceptors (Lipinski definition) is 2. The lowest BCUT2D eigenvalue weighted by Gasteiger charge is -2.42. The van der Waals surface area contributed by atoms with Crippen LogP contribution < -0.4 is 5.19 Å². The van der Waals surface area contributed by atoms with E-state index in [1.807, 2.05) is 0 Å². The molecule has 0 radical (unpaired) electrons. The topological polar surface area (TPSA) is 23.5 Å². The molecule has 2 rings (SSSR count). The Labute approximate surface area is 137 Å². The monoisotopic (exact) mass is 319 g/mol. The van der Waals surface area contributed by atoms with Gasteiger partial charge in [-0.25, -0.2) is 0 Å². The van der Waals surface area contributed by atoms with Gasteiger partial charge in [-0.3, -0.25) is 0 Å². The number of benzene rings is 1. The zero-order valence-electron chi connectivity index (χ0n) is 15.2. The second-order valence-corrected chi connectivity index (χ2v) is 12.8. The Hall–Kier alpha value is -0.803. The van der Waals surface area contributed by atoms with E-state index in [0.29, 0.717) is 11.8 Å². The highest BCUT2D eigenvalue weighted by atomic mass is 28.3. The van der Waals surface area contributed by atoms with Gasteiger partial charge in [-0.2, -0.15) is 0 Å². The standard InChI is InChI=1S/C19H33NOSi/c1-19(2,3)16-13-10-14-17(18(16)21)22(5,6)20(4)15-11-8-7-9-12-15/h10,13-15,21H,7-9,11-12H2,1-6H3. The fourth-order valence-corrected chi connectivity index (χ4v) is 6.53. The van der Waals surface area contributed by atoms with Crippen LogP contribution in [0.5, 0.6) is 5.75 Å². The van der Waals surface area contributed by atoms with Crippen molar-refractivity contribution in [3.63, 3.8) is 0 Å². The molecular formula is C19H33NOSi. The Kier molecular flexibility index (Phi) is 5.08. The minimum absolute atomic E-state index is 0.0199. The molecule has 0 atom stereocenters. The maximum atomic E-state index is 10.9. The van der Waals surface area contributed by atoms with Gasteiger partial charge in [0.1, 0.15) is 5.75 Å². The van der Waals surface area contributed by atoms with Crippen molar-refractivity contribution in [1.29, 1.82) is 0 Å². The van der Waals surface area contributed by atoms with Crippen LogP contribution >= 0.6 is 0 Å². The van der Waals surface area contributed by atoms with Crippen molar-refractivity contribution in [1.82, 2.24) is 4.57 Å². The molecule has 1 aromatic rings. The van der Waals surface area contributed by atoms with Crippen LogP contribution in [0.1, 0.15) is 58.4 Å². The van der Waals surface area contributed by atoms with Gasteiger partial charge in [-0.05, 0) is 36.1 Å². The molecule has 0 unspecified atom stereocenters. The van der Waals surface area contributed by atoms with Gasteiger partial charge in [-0.1, -0.05) is 71.3 Å². The van der Waals surface area contributed by atoms with Gasteiger partial charge < -0.3 is 9.67 Å². The lowest BCUT2D eigenvalue weighted by Crippen LogP contribution is -2.60. The van der Waals surface area contributed by atoms with Crippen molar-refractivity contribution < 1.29 is 5.11 Å². The van der Waals surface area contributed by atoms with Crippen molar-refractivity contribution in [2.45, 2.75) is 77.4 Å². The van der Waals surface area contributed by atoms with E-state index in [1.54, 1.807) is 0 Å². The van der Waals surface area contributed by atoms with E-state index in [0.717, 1.165) is 5.56 Å². The number of phenolic OH excluding ortho intramolecular Hbond substituents is 1. The third kappa shape index (κ3) is 3.41. The smallest absolute Gasteiger partial charge is 0.158 e. The predicted molar refractivity (Wildman–Crippen MR) is 98.6 cm³/mol. The summed E-state index contributed by atoms with van der Waals surface area (Å²) in [5.74, 6) is 0.536. The summed E-state index contributed by atoms with van der Waals surface area (Å²) in [6, 6.07) is 7.03. The molecule has 1 fully saturated rings. The first kappa shape index (κ1) is 17.5. The average Bonchev–Trinajstić information content (AvgIpc) is 2.46. The fourth-order valence-electron chi connectivity index (χ4n) is 3.76. The molecular weight excluding hydrogens is 286 g/mol. The molecule has 0 spiro atoms. The fraction of sp³-hybridized carbons (Fsp3) is 0.684. The lowest BCUT2D eigenvalue weighted by atomic mass is 9.86. The predicted octanol–water partition coefficient (Wildman–Crippen LogP) is 4.37. The first-order valence-electron chi connectivity index (χ1n) is 8.71. The molecule has 22 heavy (non-hydrogen) atoms. The molecule has 1 saturated carbocycles. The van der Waals surface area contributed by atoms with E-state index < -0.39 is 8.24 Å². The third-order valence-electron chi connectivity index (χ3n) is 5.51. The molecule has 0 aromatic heterocycles. The van der Waals surface area contributed by atoms with Gasteiger partial charge in [-0.15, -0.1) is 0 Å². The number of rotatable bonds is 3. The number of hydrogen-bond donors (Lipinski definition) is 1. The Morgan fingerprint density at radius 3 is 2.23 bits per heavy atom. The normalized spacial score (nSPS) is 18.0. The van der Waals surface area contributed by atoms with E-state index in [4.69, 9.17) is 0 Å². The molecule has 1 aromatic carbocycles. The van der Waals surface area contributed by atoms with E-state index >= 15 is 0 Å². The first-order valence-corrected chi connectivity index (χ1v) is 11.7. The number of nitrogens with zero attached hydrogens (tertiary/aromatic N) is 1. The minimum atomic E-state index is -1.84. The molecule has 2 nitrogen and oxygen atoms in total. The first-order chi connectivity index (χ1) is 10.2. The maximum absolute atomic E-state index is 10.9. The van der Waals surface area contributed by atoms with E-state index in [-0.39, 0.29) is 5.41 Å².